The van der Waals surface area contributed by atoms with Gasteiger partial charge in [-0.2, -0.15) is 0 Å². The van der Waals surface area contributed by atoms with Crippen molar-refractivity contribution < 1.29 is 9.53 Å². The molecule has 1 aromatic carbocycles. The van der Waals surface area contributed by atoms with Gasteiger partial charge in [-0.05, 0) is 49.8 Å². The summed E-state index contributed by atoms with van der Waals surface area (Å²) in [7, 11) is 0. The number of hydrogen-bond donors (Lipinski definition) is 2. The molecule has 0 bridgehead atoms. The van der Waals surface area contributed by atoms with Crippen LogP contribution in [0, 0.1) is 5.92 Å². The summed E-state index contributed by atoms with van der Waals surface area (Å²) in [6.07, 6.45) is 4.46. The number of hydrogen-bond acceptors (Lipinski definition) is 3. The highest BCUT2D eigenvalue weighted by Gasteiger charge is 2.36. The van der Waals surface area contributed by atoms with Gasteiger partial charge in [0.05, 0.1) is 0 Å². The Morgan fingerprint density at radius 2 is 2.08 bits per heavy atom. The fourth-order valence-corrected chi connectivity index (χ4v) is 3.99. The molecule has 2 atom stereocenters. The topological polar surface area (TPSA) is 64.4 Å². The first-order chi connectivity index (χ1) is 11.1. The van der Waals surface area contributed by atoms with Gasteiger partial charge in [0.15, 0.2) is 0 Å². The number of carbonyl (C=O) groups excluding carboxylic acids is 1. The minimum atomic E-state index is -0.0838. The second-order valence-electron chi connectivity index (χ2n) is 6.89. The number of halogens is 2. The Balaban J connectivity index is 0.00000208. The third-order valence-electron chi connectivity index (χ3n) is 5.33. The predicted molar refractivity (Wildman–Crippen MR) is 98.8 cm³/mol. The average molecular weight is 373 g/mol. The van der Waals surface area contributed by atoms with Crippen molar-refractivity contribution in [3.05, 3.63) is 34.9 Å². The maximum absolute atomic E-state index is 12.5. The van der Waals surface area contributed by atoms with E-state index in [4.69, 9.17) is 22.1 Å². The van der Waals surface area contributed by atoms with Crippen LogP contribution in [-0.2, 0) is 14.9 Å². The first-order valence-corrected chi connectivity index (χ1v) is 8.84. The monoisotopic (exact) mass is 372 g/mol. The van der Waals surface area contributed by atoms with E-state index in [1.165, 1.54) is 5.56 Å². The molecule has 3 rings (SSSR count). The number of amides is 1. The highest BCUT2D eigenvalue weighted by atomic mass is 35.5. The molecule has 1 aliphatic carbocycles. The van der Waals surface area contributed by atoms with Crippen LogP contribution in [-0.4, -0.2) is 31.7 Å². The second-order valence-corrected chi connectivity index (χ2v) is 7.33. The third-order valence-corrected chi connectivity index (χ3v) is 5.57. The van der Waals surface area contributed by atoms with Crippen molar-refractivity contribution in [2.24, 2.45) is 11.7 Å². The Bertz CT molecular complexity index is 562. The standard InChI is InChI=1S/C18H25ClN2O2.ClH/c19-15-3-1-2-14(11-15)18(6-8-23-9-7-18)12-21-17(22)13-4-5-16(20)10-13;/h1-3,11,13,16H,4-10,12,20H2,(H,21,22);1H. The van der Waals surface area contributed by atoms with Gasteiger partial charge < -0.3 is 15.8 Å². The van der Waals surface area contributed by atoms with E-state index in [0.29, 0.717) is 6.54 Å². The van der Waals surface area contributed by atoms with Crippen LogP contribution in [0.5, 0.6) is 0 Å². The zero-order chi connectivity index (χ0) is 16.3. The molecule has 0 radical (unpaired) electrons. The lowest BCUT2D eigenvalue weighted by atomic mass is 9.74. The Morgan fingerprint density at radius 3 is 2.71 bits per heavy atom. The minimum Gasteiger partial charge on any atom is -0.381 e. The van der Waals surface area contributed by atoms with Gasteiger partial charge in [-0.15, -0.1) is 12.4 Å². The smallest absolute Gasteiger partial charge is 0.223 e. The summed E-state index contributed by atoms with van der Waals surface area (Å²) in [4.78, 5) is 12.5. The second kappa shape index (κ2) is 8.52. The lowest BCUT2D eigenvalue weighted by Crippen LogP contribution is -2.46. The number of nitrogens with two attached hydrogens (primary N) is 1. The van der Waals surface area contributed by atoms with Crippen molar-refractivity contribution in [1.82, 2.24) is 5.32 Å². The summed E-state index contributed by atoms with van der Waals surface area (Å²) in [5.41, 5.74) is 7.03. The minimum absolute atomic E-state index is 0. The Hall–Kier alpha value is -0.810. The van der Waals surface area contributed by atoms with E-state index in [1.54, 1.807) is 0 Å². The van der Waals surface area contributed by atoms with Crippen LogP contribution in [0.2, 0.25) is 5.02 Å². The maximum Gasteiger partial charge on any atom is 0.223 e. The summed E-state index contributed by atoms with van der Waals surface area (Å²) < 4.78 is 5.53. The quantitative estimate of drug-likeness (QED) is 0.853. The van der Waals surface area contributed by atoms with Crippen molar-refractivity contribution in [2.75, 3.05) is 19.8 Å². The molecule has 1 saturated heterocycles. The molecular weight excluding hydrogens is 347 g/mol. The number of benzene rings is 1. The van der Waals surface area contributed by atoms with Crippen LogP contribution in [0.4, 0.5) is 0 Å². The Morgan fingerprint density at radius 1 is 1.33 bits per heavy atom. The number of nitrogens with one attached hydrogen (secondary N) is 1. The summed E-state index contributed by atoms with van der Waals surface area (Å²) in [6.45, 7) is 2.08. The Labute approximate surface area is 154 Å². The molecule has 1 aromatic rings. The van der Waals surface area contributed by atoms with E-state index >= 15 is 0 Å². The molecule has 1 amide bonds. The zero-order valence-electron chi connectivity index (χ0n) is 13.8. The molecule has 1 saturated carbocycles. The zero-order valence-corrected chi connectivity index (χ0v) is 15.4. The number of ether oxygens (including phenoxy) is 1. The lowest BCUT2D eigenvalue weighted by molar-refractivity contribution is -0.125. The fraction of sp³-hybridized carbons (Fsp3) is 0.611. The molecule has 0 aromatic heterocycles. The average Bonchev–Trinajstić information content (AvgIpc) is 3.00. The van der Waals surface area contributed by atoms with Gasteiger partial charge in [0.1, 0.15) is 0 Å². The highest BCUT2D eigenvalue weighted by Crippen LogP contribution is 2.35. The van der Waals surface area contributed by atoms with E-state index in [0.717, 1.165) is 50.3 Å². The van der Waals surface area contributed by atoms with Crippen LogP contribution in [0.3, 0.4) is 0 Å². The molecule has 2 aliphatic rings. The van der Waals surface area contributed by atoms with E-state index in [-0.39, 0.29) is 35.7 Å². The van der Waals surface area contributed by atoms with Crippen LogP contribution in [0.25, 0.3) is 0 Å². The molecule has 0 spiro atoms. The molecule has 3 N–H and O–H groups in total. The summed E-state index contributed by atoms with van der Waals surface area (Å²) in [5.74, 6) is 0.215. The van der Waals surface area contributed by atoms with Crippen LogP contribution >= 0.6 is 24.0 Å². The summed E-state index contributed by atoms with van der Waals surface area (Å²) in [5, 5.41) is 3.92. The van der Waals surface area contributed by atoms with Crippen LogP contribution in [0.15, 0.2) is 24.3 Å². The maximum atomic E-state index is 12.5. The van der Waals surface area contributed by atoms with Crippen molar-refractivity contribution in [1.29, 1.82) is 0 Å². The van der Waals surface area contributed by atoms with Crippen molar-refractivity contribution >= 4 is 29.9 Å². The number of carbonyl (C=O) groups is 1. The summed E-state index contributed by atoms with van der Waals surface area (Å²) in [6, 6.07) is 8.17. The first-order valence-electron chi connectivity index (χ1n) is 8.46. The predicted octanol–water partition coefficient (Wildman–Crippen LogP) is 3.05. The molecule has 134 valence electrons. The third kappa shape index (κ3) is 4.42. The number of rotatable bonds is 4. The normalized spacial score (nSPS) is 25.8. The van der Waals surface area contributed by atoms with E-state index in [9.17, 15) is 4.79 Å². The van der Waals surface area contributed by atoms with E-state index in [2.05, 4.69) is 11.4 Å². The van der Waals surface area contributed by atoms with Gasteiger partial charge in [0.25, 0.3) is 0 Å². The Kier molecular flexibility index (Phi) is 6.93. The first kappa shape index (κ1) is 19.5. The fourth-order valence-electron chi connectivity index (χ4n) is 3.80. The van der Waals surface area contributed by atoms with E-state index < -0.39 is 0 Å². The van der Waals surface area contributed by atoms with Crippen molar-refractivity contribution in [3.8, 4) is 0 Å². The van der Waals surface area contributed by atoms with Gasteiger partial charge in [0.2, 0.25) is 5.91 Å². The van der Waals surface area contributed by atoms with E-state index in [1.807, 2.05) is 18.2 Å². The van der Waals surface area contributed by atoms with Crippen molar-refractivity contribution in [2.45, 2.75) is 43.6 Å². The van der Waals surface area contributed by atoms with Gasteiger partial charge in [-0.25, -0.2) is 0 Å². The van der Waals surface area contributed by atoms with Gasteiger partial charge in [-0.1, -0.05) is 23.7 Å². The van der Waals surface area contributed by atoms with Gasteiger partial charge in [-0.3, -0.25) is 4.79 Å². The molecule has 4 nitrogen and oxygen atoms in total. The lowest BCUT2D eigenvalue weighted by Gasteiger charge is -2.38. The molecule has 1 aliphatic heterocycles. The SMILES string of the molecule is Cl.NC1CCC(C(=O)NCC2(c3cccc(Cl)c3)CCOCC2)C1. The molecule has 2 fully saturated rings. The molecule has 24 heavy (non-hydrogen) atoms. The van der Waals surface area contributed by atoms with Gasteiger partial charge >= 0.3 is 0 Å². The van der Waals surface area contributed by atoms with Crippen LogP contribution in [0.1, 0.15) is 37.7 Å². The molecular formula is C18H26Cl2N2O2. The van der Waals surface area contributed by atoms with Gasteiger partial charge in [0, 0.05) is 42.2 Å². The largest absolute Gasteiger partial charge is 0.381 e. The van der Waals surface area contributed by atoms with Crippen molar-refractivity contribution in [3.63, 3.8) is 0 Å². The molecule has 1 heterocycles. The molecule has 2 unspecified atom stereocenters. The summed E-state index contributed by atoms with van der Waals surface area (Å²) >= 11 is 6.18. The van der Waals surface area contributed by atoms with Crippen LogP contribution < -0.4 is 11.1 Å². The molecule has 6 heteroatoms. The highest BCUT2D eigenvalue weighted by molar-refractivity contribution is 6.30.